The van der Waals surface area contributed by atoms with E-state index in [9.17, 15) is 10.1 Å². The third-order valence-electron chi connectivity index (χ3n) is 4.55. The number of piperazine rings is 1. The zero-order valence-electron chi connectivity index (χ0n) is 12.5. The molecule has 2 saturated heterocycles. The van der Waals surface area contributed by atoms with Gasteiger partial charge < -0.3 is 5.32 Å². The number of hydrogen-bond donors (Lipinski definition) is 1. The maximum Gasteiger partial charge on any atom is 0.275 e. The fraction of sp³-hybridized carbons (Fsp3) is 0.600. The van der Waals surface area contributed by atoms with Gasteiger partial charge in [-0.25, -0.2) is 0 Å². The second-order valence-electron chi connectivity index (χ2n) is 5.99. The van der Waals surface area contributed by atoms with Gasteiger partial charge in [-0.2, -0.15) is 0 Å². The summed E-state index contributed by atoms with van der Waals surface area (Å²) < 4.78 is 0. The number of likely N-dealkylation sites (tertiary alicyclic amines) is 1. The van der Waals surface area contributed by atoms with Gasteiger partial charge in [-0.1, -0.05) is 11.6 Å². The zero-order valence-corrected chi connectivity index (χ0v) is 13.3. The van der Waals surface area contributed by atoms with E-state index in [1.807, 2.05) is 0 Å². The van der Waals surface area contributed by atoms with Gasteiger partial charge in [-0.15, -0.1) is 0 Å². The summed E-state index contributed by atoms with van der Waals surface area (Å²) in [6, 6.07) is 5.53. The summed E-state index contributed by atoms with van der Waals surface area (Å²) in [5.41, 5.74) is 0.869. The lowest BCUT2D eigenvalue weighted by Crippen LogP contribution is -2.49. The molecule has 0 radical (unpaired) electrons. The molecule has 0 bridgehead atoms. The molecule has 0 saturated carbocycles. The first-order valence-electron chi connectivity index (χ1n) is 7.73. The van der Waals surface area contributed by atoms with E-state index < -0.39 is 0 Å². The Morgan fingerprint density at radius 1 is 1.32 bits per heavy atom. The molecule has 2 aliphatic heterocycles. The number of halogens is 1. The summed E-state index contributed by atoms with van der Waals surface area (Å²) in [5, 5.41) is 15.0. The van der Waals surface area contributed by atoms with E-state index in [0.29, 0.717) is 17.6 Å². The minimum atomic E-state index is -0.342. The molecule has 2 aliphatic rings. The largest absolute Gasteiger partial charge is 0.314 e. The molecule has 2 fully saturated rings. The zero-order chi connectivity index (χ0) is 15.5. The van der Waals surface area contributed by atoms with Crippen molar-refractivity contribution in [1.29, 1.82) is 0 Å². The quantitative estimate of drug-likeness (QED) is 0.675. The second kappa shape index (κ2) is 6.91. The lowest BCUT2D eigenvalue weighted by atomic mass is 10.1. The summed E-state index contributed by atoms with van der Waals surface area (Å²) in [7, 11) is 0. The first kappa shape index (κ1) is 15.7. The van der Waals surface area contributed by atoms with Crippen molar-refractivity contribution in [2.75, 3.05) is 39.3 Å². The first-order chi connectivity index (χ1) is 10.6. The second-order valence-corrected chi connectivity index (χ2v) is 6.43. The first-order valence-corrected chi connectivity index (χ1v) is 8.11. The Hall–Kier alpha value is -1.21. The molecule has 6 nitrogen and oxygen atoms in total. The normalized spacial score (nSPS) is 23.8. The molecule has 7 heteroatoms. The van der Waals surface area contributed by atoms with Crippen molar-refractivity contribution in [1.82, 2.24) is 15.1 Å². The molecule has 120 valence electrons. The molecular weight excluding hydrogens is 304 g/mol. The average Bonchev–Trinajstić information content (AvgIpc) is 2.98. The summed E-state index contributed by atoms with van der Waals surface area (Å²) in [6.07, 6.45) is 1.14. The maximum absolute atomic E-state index is 11.2. The molecular formula is C15H21ClN4O2. The fourth-order valence-electron chi connectivity index (χ4n) is 3.38. The minimum Gasteiger partial charge on any atom is -0.314 e. The van der Waals surface area contributed by atoms with Crippen LogP contribution in [0.2, 0.25) is 5.02 Å². The van der Waals surface area contributed by atoms with E-state index in [-0.39, 0.29) is 10.6 Å². The topological polar surface area (TPSA) is 61.7 Å². The molecule has 0 aromatic heterocycles. The SMILES string of the molecule is O=[N+]([O-])c1cc(Cl)ccc1CN1CCC(N2CCNCC2)C1. The van der Waals surface area contributed by atoms with Crippen molar-refractivity contribution in [2.24, 2.45) is 0 Å². The smallest absolute Gasteiger partial charge is 0.275 e. The van der Waals surface area contributed by atoms with Gasteiger partial charge in [-0.3, -0.25) is 19.9 Å². The van der Waals surface area contributed by atoms with Crippen molar-refractivity contribution in [2.45, 2.75) is 19.0 Å². The van der Waals surface area contributed by atoms with Crippen molar-refractivity contribution < 1.29 is 4.92 Å². The molecule has 2 heterocycles. The van der Waals surface area contributed by atoms with Crippen LogP contribution < -0.4 is 5.32 Å². The molecule has 0 aliphatic carbocycles. The standard InChI is InChI=1S/C15H21ClN4O2/c16-13-2-1-12(15(9-13)20(21)22)10-18-6-3-14(11-18)19-7-4-17-5-8-19/h1-2,9,14,17H,3-8,10-11H2. The molecule has 1 N–H and O–H groups in total. The molecule has 0 amide bonds. The Morgan fingerprint density at radius 2 is 2.09 bits per heavy atom. The van der Waals surface area contributed by atoms with Crippen LogP contribution in [0.15, 0.2) is 18.2 Å². The van der Waals surface area contributed by atoms with Gasteiger partial charge in [0, 0.05) is 68.5 Å². The molecule has 1 aromatic rings. The van der Waals surface area contributed by atoms with Crippen molar-refractivity contribution >= 4 is 17.3 Å². The number of nitro benzene ring substituents is 1. The summed E-state index contributed by atoms with van der Waals surface area (Å²) in [4.78, 5) is 15.7. The van der Waals surface area contributed by atoms with Crippen LogP contribution in [0.4, 0.5) is 5.69 Å². The highest BCUT2D eigenvalue weighted by Gasteiger charge is 2.29. The molecule has 1 aromatic carbocycles. The molecule has 1 unspecified atom stereocenters. The summed E-state index contributed by atoms with van der Waals surface area (Å²) >= 11 is 5.87. The third-order valence-corrected chi connectivity index (χ3v) is 4.79. The van der Waals surface area contributed by atoms with Crippen LogP contribution >= 0.6 is 11.6 Å². The summed E-state index contributed by atoms with van der Waals surface area (Å²) in [6.45, 7) is 6.90. The average molecular weight is 325 g/mol. The van der Waals surface area contributed by atoms with Crippen LogP contribution in [0.1, 0.15) is 12.0 Å². The Bertz CT molecular complexity index is 548. The van der Waals surface area contributed by atoms with Crippen molar-refractivity contribution in [3.05, 3.63) is 38.9 Å². The van der Waals surface area contributed by atoms with Crippen LogP contribution in [-0.2, 0) is 6.54 Å². The number of rotatable bonds is 4. The number of benzene rings is 1. The van der Waals surface area contributed by atoms with E-state index >= 15 is 0 Å². The van der Waals surface area contributed by atoms with E-state index in [0.717, 1.165) is 51.3 Å². The van der Waals surface area contributed by atoms with E-state index in [2.05, 4.69) is 15.1 Å². The van der Waals surface area contributed by atoms with Gasteiger partial charge in [0.1, 0.15) is 0 Å². The van der Waals surface area contributed by atoms with E-state index in [4.69, 9.17) is 11.6 Å². The van der Waals surface area contributed by atoms with Gasteiger partial charge in [0.2, 0.25) is 0 Å². The van der Waals surface area contributed by atoms with Crippen LogP contribution in [0.3, 0.4) is 0 Å². The molecule has 3 rings (SSSR count). The van der Waals surface area contributed by atoms with Crippen molar-refractivity contribution in [3.8, 4) is 0 Å². The van der Waals surface area contributed by atoms with Crippen LogP contribution in [0.25, 0.3) is 0 Å². The highest BCUT2D eigenvalue weighted by atomic mass is 35.5. The number of nitrogens with one attached hydrogen (secondary N) is 1. The van der Waals surface area contributed by atoms with Crippen LogP contribution in [0, 0.1) is 10.1 Å². The van der Waals surface area contributed by atoms with Crippen LogP contribution in [0.5, 0.6) is 0 Å². The van der Waals surface area contributed by atoms with Crippen molar-refractivity contribution in [3.63, 3.8) is 0 Å². The molecule has 1 atom stereocenters. The van der Waals surface area contributed by atoms with Gasteiger partial charge in [-0.05, 0) is 18.6 Å². The molecule has 22 heavy (non-hydrogen) atoms. The minimum absolute atomic E-state index is 0.123. The maximum atomic E-state index is 11.2. The number of hydrogen-bond acceptors (Lipinski definition) is 5. The Kier molecular flexibility index (Phi) is 4.93. The molecule has 0 spiro atoms. The Morgan fingerprint density at radius 3 is 2.82 bits per heavy atom. The Balaban J connectivity index is 1.63. The fourth-order valence-corrected chi connectivity index (χ4v) is 3.55. The highest BCUT2D eigenvalue weighted by Crippen LogP contribution is 2.26. The summed E-state index contributed by atoms with van der Waals surface area (Å²) in [5.74, 6) is 0. The lowest BCUT2D eigenvalue weighted by molar-refractivity contribution is -0.385. The monoisotopic (exact) mass is 324 g/mol. The number of nitro groups is 1. The van der Waals surface area contributed by atoms with Gasteiger partial charge >= 0.3 is 0 Å². The van der Waals surface area contributed by atoms with Gasteiger partial charge in [0.25, 0.3) is 5.69 Å². The predicted molar refractivity (Wildman–Crippen MR) is 86.2 cm³/mol. The third kappa shape index (κ3) is 3.57. The van der Waals surface area contributed by atoms with Gasteiger partial charge in [0.05, 0.1) is 4.92 Å². The predicted octanol–water partition coefficient (Wildman–Crippen LogP) is 1.73. The lowest BCUT2D eigenvalue weighted by Gasteiger charge is -2.32. The van der Waals surface area contributed by atoms with E-state index in [1.165, 1.54) is 6.07 Å². The Labute approximate surface area is 135 Å². The van der Waals surface area contributed by atoms with Gasteiger partial charge in [0.15, 0.2) is 0 Å². The number of nitrogens with zero attached hydrogens (tertiary/aromatic N) is 3. The highest BCUT2D eigenvalue weighted by molar-refractivity contribution is 6.30. The van der Waals surface area contributed by atoms with Crippen LogP contribution in [-0.4, -0.2) is 60.0 Å². The van der Waals surface area contributed by atoms with E-state index in [1.54, 1.807) is 12.1 Å².